The number of thiazole rings is 1. The molecule has 0 fully saturated rings. The zero-order valence-electron chi connectivity index (χ0n) is 17.5. The summed E-state index contributed by atoms with van der Waals surface area (Å²) in [5.41, 5.74) is 2.90. The Morgan fingerprint density at radius 1 is 1.00 bits per heavy atom. The minimum absolute atomic E-state index is 0.268. The molecule has 0 unspecified atom stereocenters. The van der Waals surface area contributed by atoms with Gasteiger partial charge in [0.2, 0.25) is 0 Å². The van der Waals surface area contributed by atoms with Crippen molar-refractivity contribution in [3.63, 3.8) is 0 Å². The van der Waals surface area contributed by atoms with E-state index < -0.39 is 0 Å². The Morgan fingerprint density at radius 2 is 1.74 bits per heavy atom. The van der Waals surface area contributed by atoms with E-state index in [0.717, 1.165) is 52.6 Å². The van der Waals surface area contributed by atoms with E-state index in [1.54, 1.807) is 12.1 Å². The molecule has 4 rings (SSSR count). The van der Waals surface area contributed by atoms with Gasteiger partial charge in [-0.15, -0.1) is 0 Å². The highest BCUT2D eigenvalue weighted by molar-refractivity contribution is 7.14. The molecule has 158 valence electrons. The predicted molar refractivity (Wildman–Crippen MR) is 126 cm³/mol. The molecule has 0 aliphatic rings. The second kappa shape index (κ2) is 10.1. The number of carbonyl (C=O) groups excluding carboxylic acids is 1. The second-order valence-electron chi connectivity index (χ2n) is 7.17. The zero-order valence-corrected chi connectivity index (χ0v) is 18.3. The third-order valence-electron chi connectivity index (χ3n) is 4.89. The topological polar surface area (TPSA) is 59.5 Å². The van der Waals surface area contributed by atoms with E-state index in [0.29, 0.717) is 0 Å². The number of furan rings is 1. The molecule has 2 aromatic heterocycles. The lowest BCUT2D eigenvalue weighted by atomic mass is 10.1. The number of benzene rings is 2. The summed E-state index contributed by atoms with van der Waals surface area (Å²) in [5, 5.41) is 3.82. The first-order valence-electron chi connectivity index (χ1n) is 10.5. The highest BCUT2D eigenvalue weighted by Gasteiger charge is 2.19. The van der Waals surface area contributed by atoms with Crippen molar-refractivity contribution < 1.29 is 9.21 Å². The molecule has 6 heteroatoms. The minimum atomic E-state index is -0.268. The molecule has 4 aromatic rings. The Bertz CT molecular complexity index is 1180. The smallest absolute Gasteiger partial charge is 0.292 e. The predicted octanol–water partition coefficient (Wildman–Crippen LogP) is 6.48. The maximum atomic E-state index is 12.8. The first-order valence-corrected chi connectivity index (χ1v) is 11.3. The first-order chi connectivity index (χ1) is 15.3. The number of nitrogens with zero attached hydrogens (tertiary/aromatic N) is 2. The number of hydrogen-bond donors (Lipinski definition) is 1. The number of rotatable bonds is 8. The van der Waals surface area contributed by atoms with Gasteiger partial charge in [-0.05, 0) is 30.7 Å². The number of nitrogens with one attached hydrogen (secondary N) is 1. The van der Waals surface area contributed by atoms with E-state index >= 15 is 0 Å². The van der Waals surface area contributed by atoms with E-state index in [1.165, 1.54) is 17.6 Å². The second-order valence-corrected chi connectivity index (χ2v) is 8.14. The molecule has 0 atom stereocenters. The molecule has 0 radical (unpaired) electrons. The zero-order chi connectivity index (χ0) is 21.5. The van der Waals surface area contributed by atoms with Crippen molar-refractivity contribution in [2.75, 3.05) is 5.32 Å². The van der Waals surface area contributed by atoms with Crippen LogP contribution in [0, 0.1) is 0 Å². The summed E-state index contributed by atoms with van der Waals surface area (Å²) in [4.78, 5) is 18.5. The van der Waals surface area contributed by atoms with E-state index in [-0.39, 0.29) is 11.7 Å². The van der Waals surface area contributed by atoms with Crippen LogP contribution in [0.15, 0.2) is 88.5 Å². The fraction of sp³-hybridized carbons (Fsp3) is 0.200. The molecule has 1 N–H and O–H groups in total. The number of unbranched alkanes of at least 4 members (excludes halogenated alkanes) is 2. The van der Waals surface area contributed by atoms with Gasteiger partial charge in [0.25, 0.3) is 5.91 Å². The summed E-state index contributed by atoms with van der Waals surface area (Å²) in [5.74, 6) is 0.0156. The molecule has 0 saturated carbocycles. The van der Waals surface area contributed by atoms with E-state index in [9.17, 15) is 4.79 Å². The standard InChI is InChI=1S/C25H25N3O2S/c1-2-3-10-17-28-22(19-12-6-4-7-13-19)24(27-23(29)21-16-11-18-30-21)31-25(28)26-20-14-8-5-9-15-20/h4-9,11-16,18H,2-3,10,17H2,1H3,(H,27,29). The Balaban J connectivity index is 1.85. The van der Waals surface area contributed by atoms with Crippen LogP contribution in [0.1, 0.15) is 36.7 Å². The summed E-state index contributed by atoms with van der Waals surface area (Å²) in [7, 11) is 0. The maximum absolute atomic E-state index is 12.8. The fourth-order valence-corrected chi connectivity index (χ4v) is 4.47. The van der Waals surface area contributed by atoms with Gasteiger partial charge >= 0.3 is 0 Å². The Hall–Kier alpha value is -3.38. The van der Waals surface area contributed by atoms with Crippen LogP contribution < -0.4 is 10.1 Å². The van der Waals surface area contributed by atoms with Gasteiger partial charge in [-0.2, -0.15) is 0 Å². The van der Waals surface area contributed by atoms with Crippen molar-refractivity contribution in [2.45, 2.75) is 32.7 Å². The monoisotopic (exact) mass is 431 g/mol. The van der Waals surface area contributed by atoms with Gasteiger partial charge in [-0.25, -0.2) is 4.99 Å². The highest BCUT2D eigenvalue weighted by Crippen LogP contribution is 2.32. The van der Waals surface area contributed by atoms with Crippen molar-refractivity contribution in [1.29, 1.82) is 0 Å². The summed E-state index contributed by atoms with van der Waals surface area (Å²) in [6, 6.07) is 23.4. The van der Waals surface area contributed by atoms with Gasteiger partial charge in [-0.1, -0.05) is 79.6 Å². The number of anilines is 1. The average Bonchev–Trinajstić information content (AvgIpc) is 3.44. The number of carbonyl (C=O) groups is 1. The van der Waals surface area contributed by atoms with E-state index in [4.69, 9.17) is 9.41 Å². The van der Waals surface area contributed by atoms with Crippen molar-refractivity contribution in [3.05, 3.63) is 89.6 Å². The van der Waals surface area contributed by atoms with Gasteiger partial charge in [0, 0.05) is 12.1 Å². The molecular weight excluding hydrogens is 406 g/mol. The molecule has 0 spiro atoms. The molecule has 5 nitrogen and oxygen atoms in total. The first kappa shape index (κ1) is 20.9. The van der Waals surface area contributed by atoms with Crippen LogP contribution >= 0.6 is 11.3 Å². The maximum Gasteiger partial charge on any atom is 0.292 e. The molecular formula is C25H25N3O2S. The van der Waals surface area contributed by atoms with Gasteiger partial charge in [0.15, 0.2) is 10.6 Å². The van der Waals surface area contributed by atoms with E-state index in [2.05, 4.69) is 28.9 Å². The average molecular weight is 432 g/mol. The summed E-state index contributed by atoms with van der Waals surface area (Å²) < 4.78 is 7.51. The molecule has 2 heterocycles. The molecule has 2 aromatic carbocycles. The lowest BCUT2D eigenvalue weighted by Gasteiger charge is -2.11. The van der Waals surface area contributed by atoms with Gasteiger partial charge in [0.05, 0.1) is 17.6 Å². The Morgan fingerprint density at radius 3 is 2.42 bits per heavy atom. The molecule has 0 aliphatic heterocycles. The molecule has 0 aliphatic carbocycles. The number of para-hydroxylation sites is 1. The number of amides is 1. The van der Waals surface area contributed by atoms with Crippen LogP contribution in [0.5, 0.6) is 0 Å². The third-order valence-corrected chi connectivity index (χ3v) is 5.89. The molecule has 0 saturated heterocycles. The van der Waals surface area contributed by atoms with Crippen LogP contribution in [0.25, 0.3) is 11.3 Å². The van der Waals surface area contributed by atoms with Crippen molar-refractivity contribution in [2.24, 2.45) is 4.99 Å². The third kappa shape index (κ3) is 5.03. The van der Waals surface area contributed by atoms with Crippen LogP contribution in [0.4, 0.5) is 10.7 Å². The van der Waals surface area contributed by atoms with Crippen LogP contribution in [-0.2, 0) is 6.54 Å². The Labute approximate surface area is 185 Å². The summed E-state index contributed by atoms with van der Waals surface area (Å²) in [6.45, 7) is 3.03. The van der Waals surface area contributed by atoms with Gasteiger partial charge in [-0.3, -0.25) is 4.79 Å². The van der Waals surface area contributed by atoms with Crippen molar-refractivity contribution in [3.8, 4) is 11.3 Å². The summed E-state index contributed by atoms with van der Waals surface area (Å²) >= 11 is 1.48. The van der Waals surface area contributed by atoms with E-state index in [1.807, 2.05) is 48.5 Å². The highest BCUT2D eigenvalue weighted by atomic mass is 32.1. The number of aromatic nitrogens is 1. The van der Waals surface area contributed by atoms with Gasteiger partial charge in [0.1, 0.15) is 5.00 Å². The van der Waals surface area contributed by atoms with Crippen molar-refractivity contribution >= 4 is 27.9 Å². The van der Waals surface area contributed by atoms with Gasteiger partial charge < -0.3 is 14.3 Å². The molecule has 0 bridgehead atoms. The lowest BCUT2D eigenvalue weighted by Crippen LogP contribution is -2.16. The summed E-state index contributed by atoms with van der Waals surface area (Å²) in [6.07, 6.45) is 4.82. The normalized spacial score (nSPS) is 11.6. The van der Waals surface area contributed by atoms with Crippen molar-refractivity contribution in [1.82, 2.24) is 4.57 Å². The van der Waals surface area contributed by atoms with Crippen LogP contribution in [-0.4, -0.2) is 10.5 Å². The lowest BCUT2D eigenvalue weighted by molar-refractivity contribution is 0.0997. The Kier molecular flexibility index (Phi) is 6.79. The van der Waals surface area contributed by atoms with Crippen LogP contribution in [0.3, 0.4) is 0 Å². The SMILES string of the molecule is CCCCCn1c(-c2ccccc2)c(NC(=O)c2ccco2)sc1=Nc1ccccc1. The minimum Gasteiger partial charge on any atom is -0.459 e. The number of hydrogen-bond acceptors (Lipinski definition) is 4. The molecule has 31 heavy (non-hydrogen) atoms. The largest absolute Gasteiger partial charge is 0.459 e. The van der Waals surface area contributed by atoms with Crippen LogP contribution in [0.2, 0.25) is 0 Å². The fourth-order valence-electron chi connectivity index (χ4n) is 3.38. The molecule has 1 amide bonds. The quantitative estimate of drug-likeness (QED) is 0.324.